The fraction of sp³-hybridized carbons (Fsp3) is 1.00. The lowest BCUT2D eigenvalue weighted by Crippen LogP contribution is -2.36. The van der Waals surface area contributed by atoms with Crippen LogP contribution in [0.15, 0.2) is 0 Å². The summed E-state index contributed by atoms with van der Waals surface area (Å²) in [6.07, 6.45) is 1.64. The van der Waals surface area contributed by atoms with Crippen molar-refractivity contribution in [2.24, 2.45) is 0 Å². The third-order valence-corrected chi connectivity index (χ3v) is 1.69. The number of nitrogens with one attached hydrogen (secondary N) is 1. The van der Waals surface area contributed by atoms with Crippen LogP contribution in [0, 0.1) is 0 Å². The van der Waals surface area contributed by atoms with Crippen LogP contribution in [0.3, 0.4) is 0 Å². The highest BCUT2D eigenvalue weighted by atomic mass is 16.3. The minimum atomic E-state index is -0.181. The highest BCUT2D eigenvalue weighted by Crippen LogP contribution is 2.00. The topological polar surface area (TPSA) is 32.3 Å². The number of aliphatic hydroxyl groups excluding tert-OH is 1. The molecule has 2 heteroatoms. The monoisotopic (exact) mass is 161 g/mol. The van der Waals surface area contributed by atoms with Crippen LogP contribution in [-0.4, -0.2) is 24.3 Å². The lowest BCUT2D eigenvalue weighted by molar-refractivity contribution is 0.125. The van der Waals surface area contributed by atoms with E-state index >= 15 is 0 Å². The van der Waals surface area contributed by atoms with E-state index in [1.54, 1.807) is 0 Å². The zero-order valence-electron chi connectivity index (χ0n) is 8.52. The molecule has 11 heavy (non-hydrogen) atoms. The highest BCUT2D eigenvalue weighted by molar-refractivity contribution is 4.70. The normalized spacial score (nSPS) is 14.7. The van der Waals surface area contributed by atoms with Gasteiger partial charge in [-0.2, -0.15) is 0 Å². The molecule has 70 valence electrons. The van der Waals surface area contributed by atoms with Crippen LogP contribution >= 0.6 is 0 Å². The SMILES string of the molecule is CC.CCC(O)C(CC)NC. The molecule has 0 aromatic rings. The van der Waals surface area contributed by atoms with Crippen molar-refractivity contribution < 1.29 is 5.11 Å². The van der Waals surface area contributed by atoms with Gasteiger partial charge >= 0.3 is 0 Å². The van der Waals surface area contributed by atoms with Gasteiger partial charge in [-0.3, -0.25) is 0 Å². The van der Waals surface area contributed by atoms with Crippen LogP contribution < -0.4 is 5.32 Å². The Kier molecular flexibility index (Phi) is 12.2. The maximum absolute atomic E-state index is 9.26. The van der Waals surface area contributed by atoms with Crippen LogP contribution in [0.1, 0.15) is 40.5 Å². The average Bonchev–Trinajstić information content (AvgIpc) is 2.10. The summed E-state index contributed by atoms with van der Waals surface area (Å²) in [4.78, 5) is 0. The first-order valence-electron chi connectivity index (χ1n) is 4.61. The molecule has 0 amide bonds. The summed E-state index contributed by atoms with van der Waals surface area (Å²) in [6.45, 7) is 8.06. The second-order valence-corrected chi connectivity index (χ2v) is 2.28. The predicted octanol–water partition coefficient (Wildman–Crippen LogP) is 1.78. The smallest absolute Gasteiger partial charge is 0.0690 e. The van der Waals surface area contributed by atoms with Crippen molar-refractivity contribution in [1.29, 1.82) is 0 Å². The first-order valence-corrected chi connectivity index (χ1v) is 4.61. The second kappa shape index (κ2) is 9.92. The average molecular weight is 161 g/mol. The molecule has 0 bridgehead atoms. The minimum absolute atomic E-state index is 0.181. The lowest BCUT2D eigenvalue weighted by atomic mass is 10.1. The van der Waals surface area contributed by atoms with Crippen molar-refractivity contribution in [2.75, 3.05) is 7.05 Å². The summed E-state index contributed by atoms with van der Waals surface area (Å²) in [5.41, 5.74) is 0. The molecule has 2 N–H and O–H groups in total. The number of hydrogen-bond acceptors (Lipinski definition) is 2. The molecule has 0 aliphatic rings. The zero-order valence-corrected chi connectivity index (χ0v) is 8.52. The van der Waals surface area contributed by atoms with E-state index in [1.165, 1.54) is 0 Å². The van der Waals surface area contributed by atoms with Crippen LogP contribution in [0.5, 0.6) is 0 Å². The molecule has 0 aromatic carbocycles. The summed E-state index contributed by atoms with van der Waals surface area (Å²) in [5.74, 6) is 0. The number of aliphatic hydroxyl groups is 1. The van der Waals surface area contributed by atoms with Gasteiger partial charge in [0, 0.05) is 6.04 Å². The Hall–Kier alpha value is -0.0800. The summed E-state index contributed by atoms with van der Waals surface area (Å²) < 4.78 is 0. The van der Waals surface area contributed by atoms with Crippen molar-refractivity contribution in [3.8, 4) is 0 Å². The van der Waals surface area contributed by atoms with E-state index < -0.39 is 0 Å². The third-order valence-electron chi connectivity index (χ3n) is 1.69. The molecule has 0 radical (unpaired) electrons. The molecule has 0 saturated carbocycles. The van der Waals surface area contributed by atoms with Gasteiger partial charge in [0.2, 0.25) is 0 Å². The number of hydrogen-bond donors (Lipinski definition) is 2. The molecule has 2 unspecified atom stereocenters. The fourth-order valence-electron chi connectivity index (χ4n) is 0.953. The van der Waals surface area contributed by atoms with Gasteiger partial charge in [-0.05, 0) is 19.9 Å². The summed E-state index contributed by atoms with van der Waals surface area (Å²) in [7, 11) is 1.88. The van der Waals surface area contributed by atoms with Crippen LogP contribution in [0.2, 0.25) is 0 Å². The van der Waals surface area contributed by atoms with E-state index in [4.69, 9.17) is 0 Å². The molecule has 0 heterocycles. The first kappa shape index (κ1) is 13.5. The molecular weight excluding hydrogens is 138 g/mol. The molecule has 0 spiro atoms. The maximum Gasteiger partial charge on any atom is 0.0690 e. The third kappa shape index (κ3) is 6.32. The predicted molar refractivity (Wildman–Crippen MR) is 50.8 cm³/mol. The van der Waals surface area contributed by atoms with Crippen molar-refractivity contribution >= 4 is 0 Å². The van der Waals surface area contributed by atoms with E-state index in [-0.39, 0.29) is 12.1 Å². The Balaban J connectivity index is 0. The molecular formula is C9H23NO. The molecule has 0 aliphatic carbocycles. The molecule has 0 fully saturated rings. The van der Waals surface area contributed by atoms with Gasteiger partial charge < -0.3 is 10.4 Å². The second-order valence-electron chi connectivity index (χ2n) is 2.28. The van der Waals surface area contributed by atoms with E-state index in [2.05, 4.69) is 12.2 Å². The van der Waals surface area contributed by atoms with Crippen LogP contribution in [0.25, 0.3) is 0 Å². The summed E-state index contributed by atoms with van der Waals surface area (Å²) in [6, 6.07) is 0.273. The van der Waals surface area contributed by atoms with Gasteiger partial charge in [-0.1, -0.05) is 27.7 Å². The van der Waals surface area contributed by atoms with Crippen LogP contribution in [0.4, 0.5) is 0 Å². The zero-order chi connectivity index (χ0) is 9.28. The van der Waals surface area contributed by atoms with Gasteiger partial charge in [-0.25, -0.2) is 0 Å². The molecule has 0 rings (SSSR count). The Morgan fingerprint density at radius 3 is 1.73 bits per heavy atom. The largest absolute Gasteiger partial charge is 0.392 e. The maximum atomic E-state index is 9.26. The van der Waals surface area contributed by atoms with Gasteiger partial charge in [0.25, 0.3) is 0 Å². The fourth-order valence-corrected chi connectivity index (χ4v) is 0.953. The van der Waals surface area contributed by atoms with E-state index in [0.717, 1.165) is 12.8 Å². The lowest BCUT2D eigenvalue weighted by Gasteiger charge is -2.18. The van der Waals surface area contributed by atoms with Crippen molar-refractivity contribution in [1.82, 2.24) is 5.32 Å². The van der Waals surface area contributed by atoms with Gasteiger partial charge in [0.05, 0.1) is 6.10 Å². The standard InChI is InChI=1S/C7H17NO.C2H6/c1-4-6(8-3)7(9)5-2;1-2/h6-9H,4-5H2,1-3H3;1-2H3. The van der Waals surface area contributed by atoms with E-state index in [1.807, 2.05) is 27.8 Å². The molecule has 0 aromatic heterocycles. The first-order chi connectivity index (χ1) is 5.26. The van der Waals surface area contributed by atoms with E-state index in [9.17, 15) is 5.11 Å². The van der Waals surface area contributed by atoms with Gasteiger partial charge in [0.1, 0.15) is 0 Å². The minimum Gasteiger partial charge on any atom is -0.392 e. The van der Waals surface area contributed by atoms with Gasteiger partial charge in [0.15, 0.2) is 0 Å². The molecule has 0 saturated heterocycles. The quantitative estimate of drug-likeness (QED) is 0.658. The molecule has 2 atom stereocenters. The number of likely N-dealkylation sites (N-methyl/N-ethyl adjacent to an activating group) is 1. The Labute approximate surface area is 71.0 Å². The van der Waals surface area contributed by atoms with Crippen molar-refractivity contribution in [2.45, 2.75) is 52.7 Å². The highest BCUT2D eigenvalue weighted by Gasteiger charge is 2.11. The van der Waals surface area contributed by atoms with Crippen LogP contribution in [-0.2, 0) is 0 Å². The van der Waals surface area contributed by atoms with E-state index in [0.29, 0.717) is 0 Å². The Morgan fingerprint density at radius 2 is 1.64 bits per heavy atom. The van der Waals surface area contributed by atoms with Crippen molar-refractivity contribution in [3.63, 3.8) is 0 Å². The number of rotatable bonds is 4. The summed E-state index contributed by atoms with van der Waals surface area (Å²) in [5, 5.41) is 12.3. The Bertz CT molecular complexity index is 62.6. The molecule has 2 nitrogen and oxygen atoms in total. The summed E-state index contributed by atoms with van der Waals surface area (Å²) >= 11 is 0. The van der Waals surface area contributed by atoms with Crippen molar-refractivity contribution in [3.05, 3.63) is 0 Å². The molecule has 0 aliphatic heterocycles. The van der Waals surface area contributed by atoms with Gasteiger partial charge in [-0.15, -0.1) is 0 Å². The Morgan fingerprint density at radius 1 is 1.18 bits per heavy atom.